The van der Waals surface area contributed by atoms with Gasteiger partial charge >= 0.3 is 0 Å². The summed E-state index contributed by atoms with van der Waals surface area (Å²) in [7, 11) is 4.86. The number of benzene rings is 2. The number of carbonyl (C=O) groups excluding carboxylic acids is 2. The third-order valence-corrected chi connectivity index (χ3v) is 7.66. The third kappa shape index (κ3) is 5.98. The lowest BCUT2D eigenvalue weighted by atomic mass is 9.79. The first-order valence-corrected chi connectivity index (χ1v) is 13.8. The normalized spacial score (nSPS) is 17.2. The number of ether oxygens (including phenoxy) is 2. The van der Waals surface area contributed by atoms with Crippen molar-refractivity contribution in [2.45, 2.75) is 43.5 Å². The van der Waals surface area contributed by atoms with Gasteiger partial charge in [-0.25, -0.2) is 0 Å². The Balaban J connectivity index is 1.99. The summed E-state index contributed by atoms with van der Waals surface area (Å²) >= 11 is 1.66. The molecule has 2 amide bonds. The van der Waals surface area contributed by atoms with Gasteiger partial charge in [0, 0.05) is 30.6 Å². The summed E-state index contributed by atoms with van der Waals surface area (Å²) in [6, 6.07) is 11.1. The van der Waals surface area contributed by atoms with Crippen LogP contribution in [0.25, 0.3) is 0 Å². The van der Waals surface area contributed by atoms with Crippen molar-refractivity contribution in [3.63, 3.8) is 0 Å². The van der Waals surface area contributed by atoms with Crippen LogP contribution in [0.5, 0.6) is 11.5 Å². The Morgan fingerprint density at radius 3 is 2.33 bits per heavy atom. The molecule has 0 fully saturated rings. The van der Waals surface area contributed by atoms with Crippen LogP contribution < -0.4 is 14.8 Å². The zero-order valence-electron chi connectivity index (χ0n) is 22.3. The Labute approximate surface area is 219 Å². The second-order valence-electron chi connectivity index (χ2n) is 8.99. The number of rotatable bonds is 12. The Morgan fingerprint density at radius 1 is 1.08 bits per heavy atom. The number of likely N-dealkylation sites (N-methyl/N-ethyl adjacent to an activating group) is 2. The molecule has 0 bridgehead atoms. The van der Waals surface area contributed by atoms with Gasteiger partial charge in [0.1, 0.15) is 0 Å². The van der Waals surface area contributed by atoms with Gasteiger partial charge in [-0.05, 0) is 61.2 Å². The van der Waals surface area contributed by atoms with Crippen molar-refractivity contribution in [3.05, 3.63) is 53.1 Å². The van der Waals surface area contributed by atoms with E-state index < -0.39 is 12.0 Å². The third-order valence-electron chi connectivity index (χ3n) is 6.92. The van der Waals surface area contributed by atoms with Crippen LogP contribution in [0.3, 0.4) is 0 Å². The van der Waals surface area contributed by atoms with Gasteiger partial charge in [-0.1, -0.05) is 32.4 Å². The van der Waals surface area contributed by atoms with Crippen LogP contribution in [-0.4, -0.2) is 75.3 Å². The molecule has 1 N–H and O–H groups in total. The SMILES string of the molecule is CCCCN(CC)CCNC(=O)[C@@H]1c2cc(OC)c(OC)cc2C(=O)N(C)[C@H]1c1ccc(SC)cc1. The molecule has 0 spiro atoms. The molecule has 0 unspecified atom stereocenters. The van der Waals surface area contributed by atoms with E-state index in [0.717, 1.165) is 42.9 Å². The topological polar surface area (TPSA) is 71.1 Å². The monoisotopic (exact) mass is 513 g/mol. The lowest BCUT2D eigenvalue weighted by molar-refractivity contribution is -0.124. The molecule has 2 atom stereocenters. The van der Waals surface area contributed by atoms with E-state index in [-0.39, 0.29) is 11.8 Å². The highest BCUT2D eigenvalue weighted by Gasteiger charge is 2.43. The van der Waals surface area contributed by atoms with Crippen molar-refractivity contribution in [1.82, 2.24) is 15.1 Å². The standard InChI is InChI=1S/C28H39N3O4S/c1-7-9-15-31(8-2)16-14-29-27(32)25-21-17-23(34-4)24(35-5)18-22(21)28(33)30(3)26(25)19-10-12-20(36-6)13-11-19/h10-13,17-18,25-26H,7-9,14-16H2,1-6H3,(H,29,32)/t25-,26+/m1/s1. The molecule has 8 heteroatoms. The fraction of sp³-hybridized carbons (Fsp3) is 0.500. The van der Waals surface area contributed by atoms with Crippen molar-refractivity contribution in [2.24, 2.45) is 0 Å². The predicted octanol–water partition coefficient (Wildman–Crippen LogP) is 4.57. The minimum atomic E-state index is -0.589. The first kappa shape index (κ1) is 27.9. The molecule has 0 radical (unpaired) electrons. The van der Waals surface area contributed by atoms with Crippen LogP contribution in [-0.2, 0) is 4.79 Å². The smallest absolute Gasteiger partial charge is 0.254 e. The molecule has 1 heterocycles. The fourth-order valence-corrected chi connectivity index (χ4v) is 5.21. The first-order valence-electron chi connectivity index (χ1n) is 12.6. The maximum absolute atomic E-state index is 13.8. The summed E-state index contributed by atoms with van der Waals surface area (Å²) in [5, 5.41) is 3.16. The van der Waals surface area contributed by atoms with Crippen LogP contribution in [0, 0.1) is 0 Å². The molecule has 196 valence electrons. The van der Waals surface area contributed by atoms with E-state index in [0.29, 0.717) is 29.2 Å². The summed E-state index contributed by atoms with van der Waals surface area (Å²) in [5.41, 5.74) is 2.04. The molecule has 0 saturated carbocycles. The first-order chi connectivity index (χ1) is 17.4. The van der Waals surface area contributed by atoms with Gasteiger partial charge in [0.2, 0.25) is 5.91 Å². The zero-order valence-corrected chi connectivity index (χ0v) is 23.1. The number of hydrogen-bond donors (Lipinski definition) is 1. The van der Waals surface area contributed by atoms with E-state index in [4.69, 9.17) is 9.47 Å². The van der Waals surface area contributed by atoms with Crippen molar-refractivity contribution in [1.29, 1.82) is 0 Å². The predicted molar refractivity (Wildman–Crippen MR) is 145 cm³/mol. The molecule has 2 aromatic rings. The zero-order chi connectivity index (χ0) is 26.2. The van der Waals surface area contributed by atoms with Crippen molar-refractivity contribution in [2.75, 3.05) is 53.7 Å². The molecular weight excluding hydrogens is 474 g/mol. The number of nitrogens with zero attached hydrogens (tertiary/aromatic N) is 2. The summed E-state index contributed by atoms with van der Waals surface area (Å²) in [5.74, 6) is 0.126. The van der Waals surface area contributed by atoms with Gasteiger partial charge in [0.15, 0.2) is 11.5 Å². The second-order valence-corrected chi connectivity index (χ2v) is 9.86. The lowest BCUT2D eigenvalue weighted by Crippen LogP contribution is -2.46. The van der Waals surface area contributed by atoms with Gasteiger partial charge in [0.05, 0.1) is 26.2 Å². The van der Waals surface area contributed by atoms with E-state index >= 15 is 0 Å². The number of unbranched alkanes of at least 4 members (excludes halogenated alkanes) is 1. The number of thioether (sulfide) groups is 1. The summed E-state index contributed by atoms with van der Waals surface area (Å²) in [4.78, 5) is 32.5. The number of nitrogens with one attached hydrogen (secondary N) is 1. The lowest BCUT2D eigenvalue weighted by Gasteiger charge is -2.40. The van der Waals surface area contributed by atoms with E-state index in [1.807, 2.05) is 30.5 Å². The quantitative estimate of drug-likeness (QED) is 0.419. The van der Waals surface area contributed by atoms with E-state index in [1.165, 1.54) is 0 Å². The maximum Gasteiger partial charge on any atom is 0.254 e. The Kier molecular flexibility index (Phi) is 10.1. The molecule has 3 rings (SSSR count). The average molecular weight is 514 g/mol. The Bertz CT molecular complexity index is 1040. The minimum absolute atomic E-state index is 0.103. The highest BCUT2D eigenvalue weighted by Crippen LogP contribution is 2.45. The van der Waals surface area contributed by atoms with Crippen molar-refractivity contribution in [3.8, 4) is 11.5 Å². The summed E-state index contributed by atoms with van der Waals surface area (Å²) < 4.78 is 11.0. The van der Waals surface area contributed by atoms with Crippen LogP contribution >= 0.6 is 11.8 Å². The summed E-state index contributed by atoms with van der Waals surface area (Å²) in [6.07, 6.45) is 4.31. The number of fused-ring (bicyclic) bond motifs is 1. The van der Waals surface area contributed by atoms with E-state index in [9.17, 15) is 9.59 Å². The van der Waals surface area contributed by atoms with Crippen LogP contribution in [0.1, 0.15) is 60.1 Å². The van der Waals surface area contributed by atoms with Crippen LogP contribution in [0.4, 0.5) is 0 Å². The number of methoxy groups -OCH3 is 2. The van der Waals surface area contributed by atoms with E-state index in [1.54, 1.807) is 50.1 Å². The molecule has 1 aliphatic rings. The Hall–Kier alpha value is -2.71. The van der Waals surface area contributed by atoms with Crippen molar-refractivity contribution < 1.29 is 19.1 Å². The van der Waals surface area contributed by atoms with Crippen LogP contribution in [0.2, 0.25) is 0 Å². The van der Waals surface area contributed by atoms with Gasteiger partial charge in [-0.15, -0.1) is 11.8 Å². The molecule has 36 heavy (non-hydrogen) atoms. The number of amides is 2. The minimum Gasteiger partial charge on any atom is -0.493 e. The number of hydrogen-bond acceptors (Lipinski definition) is 6. The average Bonchev–Trinajstić information content (AvgIpc) is 2.91. The van der Waals surface area contributed by atoms with Crippen molar-refractivity contribution >= 4 is 23.6 Å². The van der Waals surface area contributed by atoms with Gasteiger partial charge in [-0.3, -0.25) is 9.59 Å². The number of carbonyl (C=O) groups is 2. The molecule has 0 aromatic heterocycles. The highest BCUT2D eigenvalue weighted by molar-refractivity contribution is 7.98. The molecule has 1 aliphatic heterocycles. The van der Waals surface area contributed by atoms with Gasteiger partial charge in [-0.2, -0.15) is 0 Å². The Morgan fingerprint density at radius 2 is 1.75 bits per heavy atom. The van der Waals surface area contributed by atoms with E-state index in [2.05, 4.69) is 24.1 Å². The molecule has 0 saturated heterocycles. The van der Waals surface area contributed by atoms with Crippen LogP contribution in [0.15, 0.2) is 41.3 Å². The highest BCUT2D eigenvalue weighted by atomic mass is 32.2. The fourth-order valence-electron chi connectivity index (χ4n) is 4.81. The molecule has 0 aliphatic carbocycles. The maximum atomic E-state index is 13.8. The second kappa shape index (κ2) is 13.0. The molecule has 7 nitrogen and oxygen atoms in total. The largest absolute Gasteiger partial charge is 0.493 e. The van der Waals surface area contributed by atoms with Gasteiger partial charge < -0.3 is 24.6 Å². The van der Waals surface area contributed by atoms with Gasteiger partial charge in [0.25, 0.3) is 5.91 Å². The molecular formula is C28H39N3O4S. The molecule has 2 aromatic carbocycles. The summed E-state index contributed by atoms with van der Waals surface area (Å²) in [6.45, 7) is 7.63.